The van der Waals surface area contributed by atoms with Gasteiger partial charge < -0.3 is 11.1 Å². The second-order valence-electron chi connectivity index (χ2n) is 8.08. The third-order valence-corrected chi connectivity index (χ3v) is 3.84. The van der Waals surface area contributed by atoms with E-state index in [2.05, 4.69) is 46.9 Å². The van der Waals surface area contributed by atoms with Crippen LogP contribution in [0.3, 0.4) is 0 Å². The molecule has 1 saturated carbocycles. The number of hydrogen-bond donors (Lipinski definition) is 2. The lowest BCUT2D eigenvalue weighted by molar-refractivity contribution is -0.130. The summed E-state index contributed by atoms with van der Waals surface area (Å²) in [5, 5.41) is 3.47. The van der Waals surface area contributed by atoms with Crippen molar-refractivity contribution in [2.45, 2.75) is 66.3 Å². The molecule has 0 spiro atoms. The van der Waals surface area contributed by atoms with Gasteiger partial charge in [0.1, 0.15) is 0 Å². The zero-order valence-electron chi connectivity index (χ0n) is 12.9. The number of carbonyl (C=O) groups is 1. The Labute approximate surface area is 112 Å². The van der Waals surface area contributed by atoms with Gasteiger partial charge in [-0.3, -0.25) is 4.79 Å². The van der Waals surface area contributed by atoms with Crippen LogP contribution in [0.1, 0.15) is 60.8 Å². The molecule has 0 aliphatic heterocycles. The van der Waals surface area contributed by atoms with Gasteiger partial charge in [-0.15, -0.1) is 0 Å². The third-order valence-electron chi connectivity index (χ3n) is 3.84. The molecule has 0 unspecified atom stereocenters. The largest absolute Gasteiger partial charge is 0.368 e. The van der Waals surface area contributed by atoms with Crippen LogP contribution in [0.5, 0.6) is 0 Å². The van der Waals surface area contributed by atoms with Crippen LogP contribution in [0.15, 0.2) is 0 Å². The van der Waals surface area contributed by atoms with Crippen molar-refractivity contribution in [3.05, 3.63) is 0 Å². The first-order valence-electron chi connectivity index (χ1n) is 7.03. The second kappa shape index (κ2) is 4.84. The van der Waals surface area contributed by atoms with Crippen molar-refractivity contribution < 1.29 is 4.79 Å². The maximum atomic E-state index is 12.0. The molecule has 1 amide bonds. The van der Waals surface area contributed by atoms with Crippen LogP contribution in [0, 0.1) is 16.7 Å². The van der Waals surface area contributed by atoms with E-state index in [0.29, 0.717) is 5.92 Å². The first-order chi connectivity index (χ1) is 7.98. The van der Waals surface area contributed by atoms with E-state index in [9.17, 15) is 4.79 Å². The molecule has 1 rings (SSSR count). The van der Waals surface area contributed by atoms with Crippen molar-refractivity contribution in [1.82, 2.24) is 5.32 Å². The molecule has 0 aromatic rings. The molecular weight excluding hydrogens is 224 g/mol. The normalized spacial score (nSPS) is 25.1. The Balaban J connectivity index is 2.99. The van der Waals surface area contributed by atoms with E-state index < -0.39 is 5.54 Å². The minimum atomic E-state index is -0.532. The average Bonchev–Trinajstić information content (AvgIpc) is 2.09. The summed E-state index contributed by atoms with van der Waals surface area (Å²) in [4.78, 5) is 12.0. The van der Waals surface area contributed by atoms with Crippen molar-refractivity contribution in [1.29, 1.82) is 0 Å². The van der Waals surface area contributed by atoms with E-state index in [-0.39, 0.29) is 16.7 Å². The van der Waals surface area contributed by atoms with E-state index >= 15 is 0 Å². The molecule has 0 aromatic heterocycles. The van der Waals surface area contributed by atoms with E-state index in [4.69, 9.17) is 5.73 Å². The fourth-order valence-electron chi connectivity index (χ4n) is 3.90. The fraction of sp³-hybridized carbons (Fsp3) is 0.933. The molecule has 0 heterocycles. The highest BCUT2D eigenvalue weighted by atomic mass is 16.1. The van der Waals surface area contributed by atoms with Crippen LogP contribution in [0.25, 0.3) is 0 Å². The molecule has 3 heteroatoms. The summed E-state index contributed by atoms with van der Waals surface area (Å²) in [6.45, 7) is 14.1. The SMILES string of the molecule is CC(C)CNC1(C(N)=O)CC(C)(C)CC(C)(C)C1. The molecule has 3 N–H and O–H groups in total. The van der Waals surface area contributed by atoms with Gasteiger partial charge in [0.25, 0.3) is 0 Å². The number of nitrogens with one attached hydrogen (secondary N) is 1. The summed E-state index contributed by atoms with van der Waals surface area (Å²) in [7, 11) is 0. The molecule has 1 aliphatic carbocycles. The number of hydrogen-bond acceptors (Lipinski definition) is 2. The van der Waals surface area contributed by atoms with E-state index in [0.717, 1.165) is 25.8 Å². The van der Waals surface area contributed by atoms with Crippen LogP contribution >= 0.6 is 0 Å². The smallest absolute Gasteiger partial charge is 0.237 e. The first kappa shape index (κ1) is 15.5. The minimum Gasteiger partial charge on any atom is -0.368 e. The van der Waals surface area contributed by atoms with E-state index in [1.165, 1.54) is 0 Å². The zero-order valence-corrected chi connectivity index (χ0v) is 12.9. The monoisotopic (exact) mass is 254 g/mol. The van der Waals surface area contributed by atoms with E-state index in [1.807, 2.05) is 0 Å². The lowest BCUT2D eigenvalue weighted by Gasteiger charge is -2.51. The predicted octanol–water partition coefficient (Wildman–Crippen LogP) is 2.69. The molecule has 0 aromatic carbocycles. The quantitative estimate of drug-likeness (QED) is 0.810. The molecule has 1 aliphatic rings. The molecule has 0 atom stereocenters. The van der Waals surface area contributed by atoms with Crippen LogP contribution < -0.4 is 11.1 Å². The van der Waals surface area contributed by atoms with Crippen LogP contribution in [-0.2, 0) is 4.79 Å². The molecule has 18 heavy (non-hydrogen) atoms. The minimum absolute atomic E-state index is 0.154. The predicted molar refractivity (Wildman–Crippen MR) is 76.2 cm³/mol. The highest BCUT2D eigenvalue weighted by Crippen LogP contribution is 2.50. The van der Waals surface area contributed by atoms with E-state index in [1.54, 1.807) is 0 Å². The number of nitrogens with two attached hydrogens (primary N) is 1. The average molecular weight is 254 g/mol. The topological polar surface area (TPSA) is 55.1 Å². The second-order valence-corrected chi connectivity index (χ2v) is 8.08. The molecular formula is C15H30N2O. The van der Waals surface area contributed by atoms with Gasteiger partial charge in [0.2, 0.25) is 5.91 Å². The lowest BCUT2D eigenvalue weighted by Crippen LogP contribution is -2.62. The van der Waals surface area contributed by atoms with Gasteiger partial charge in [-0.2, -0.15) is 0 Å². The van der Waals surface area contributed by atoms with Crippen molar-refractivity contribution in [2.75, 3.05) is 6.54 Å². The first-order valence-corrected chi connectivity index (χ1v) is 7.03. The van der Waals surface area contributed by atoms with Gasteiger partial charge in [-0.05, 0) is 42.6 Å². The summed E-state index contributed by atoms with van der Waals surface area (Å²) in [6.07, 6.45) is 2.81. The lowest BCUT2D eigenvalue weighted by atomic mass is 9.58. The molecule has 0 bridgehead atoms. The number of rotatable bonds is 4. The standard InChI is InChI=1S/C15H30N2O/c1-11(2)7-17-15(12(16)18)9-13(3,4)8-14(5,6)10-15/h11,17H,7-10H2,1-6H3,(H2,16,18). The van der Waals surface area contributed by atoms with Crippen molar-refractivity contribution in [3.8, 4) is 0 Å². The van der Waals surface area contributed by atoms with Crippen molar-refractivity contribution in [2.24, 2.45) is 22.5 Å². The van der Waals surface area contributed by atoms with Gasteiger partial charge in [-0.25, -0.2) is 0 Å². The summed E-state index contributed by atoms with van der Waals surface area (Å²) in [5.74, 6) is 0.332. The summed E-state index contributed by atoms with van der Waals surface area (Å²) >= 11 is 0. The summed E-state index contributed by atoms with van der Waals surface area (Å²) in [6, 6.07) is 0. The van der Waals surface area contributed by atoms with Crippen molar-refractivity contribution >= 4 is 5.91 Å². The Morgan fingerprint density at radius 3 is 1.89 bits per heavy atom. The van der Waals surface area contributed by atoms with Gasteiger partial charge in [0.05, 0.1) is 5.54 Å². The van der Waals surface area contributed by atoms with Gasteiger partial charge >= 0.3 is 0 Å². The van der Waals surface area contributed by atoms with Gasteiger partial charge in [0, 0.05) is 0 Å². The summed E-state index contributed by atoms with van der Waals surface area (Å²) < 4.78 is 0. The molecule has 0 radical (unpaired) electrons. The van der Waals surface area contributed by atoms with Gasteiger partial charge in [-0.1, -0.05) is 41.5 Å². The van der Waals surface area contributed by atoms with Gasteiger partial charge in [0.15, 0.2) is 0 Å². The zero-order chi connectivity index (χ0) is 14.2. The molecule has 1 fully saturated rings. The highest BCUT2D eigenvalue weighted by molar-refractivity contribution is 5.85. The highest BCUT2D eigenvalue weighted by Gasteiger charge is 2.50. The fourth-order valence-corrected chi connectivity index (χ4v) is 3.90. The Bertz CT molecular complexity index is 302. The van der Waals surface area contributed by atoms with Crippen LogP contribution in [-0.4, -0.2) is 18.0 Å². The number of primary amides is 1. The summed E-state index contributed by atoms with van der Waals surface area (Å²) in [5.41, 5.74) is 5.50. The Kier molecular flexibility index (Phi) is 4.16. The molecule has 0 saturated heterocycles. The van der Waals surface area contributed by atoms with Crippen molar-refractivity contribution in [3.63, 3.8) is 0 Å². The molecule has 106 valence electrons. The maximum Gasteiger partial charge on any atom is 0.237 e. The van der Waals surface area contributed by atoms with Crippen LogP contribution in [0.4, 0.5) is 0 Å². The Hall–Kier alpha value is -0.570. The third kappa shape index (κ3) is 3.71. The number of amides is 1. The Morgan fingerprint density at radius 2 is 1.56 bits per heavy atom. The molecule has 3 nitrogen and oxygen atoms in total. The Morgan fingerprint density at radius 1 is 1.11 bits per heavy atom. The number of carbonyl (C=O) groups excluding carboxylic acids is 1. The van der Waals surface area contributed by atoms with Crippen LogP contribution in [0.2, 0.25) is 0 Å². The maximum absolute atomic E-state index is 12.0.